The van der Waals surface area contributed by atoms with Gasteiger partial charge in [0.2, 0.25) is 0 Å². The molecule has 0 amide bonds. The first-order valence-corrected chi connectivity index (χ1v) is 12.5. The standard InChI is InChI=1S/C30H34N4O3/c1-22(2)30(35)37-20-10-6-5-9-19-36-27-16-13-25(14-17-27)31-34-29-18-15-26(21-24(29)4)32-33-28-12-8-7-11-23(28)3/h7-8,11-18,21H,1,5-6,9-10,19-20H2,2-4H3. The van der Waals surface area contributed by atoms with E-state index in [1.165, 1.54) is 0 Å². The van der Waals surface area contributed by atoms with E-state index in [0.717, 1.165) is 65.3 Å². The number of unbranched alkanes of at least 4 members (excludes halogenated alkanes) is 3. The fourth-order valence-electron chi connectivity index (χ4n) is 3.36. The lowest BCUT2D eigenvalue weighted by Crippen LogP contribution is -2.06. The van der Waals surface area contributed by atoms with Crippen LogP contribution in [0, 0.1) is 13.8 Å². The predicted octanol–water partition coefficient (Wildman–Crippen LogP) is 9.19. The van der Waals surface area contributed by atoms with Crippen molar-refractivity contribution in [3.05, 3.63) is 90.0 Å². The van der Waals surface area contributed by atoms with Crippen molar-refractivity contribution in [1.82, 2.24) is 0 Å². The minimum Gasteiger partial charge on any atom is -0.494 e. The first-order valence-electron chi connectivity index (χ1n) is 12.5. The Morgan fingerprint density at radius 2 is 1.35 bits per heavy atom. The van der Waals surface area contributed by atoms with E-state index in [1.807, 2.05) is 80.6 Å². The van der Waals surface area contributed by atoms with E-state index in [4.69, 9.17) is 9.47 Å². The van der Waals surface area contributed by atoms with Gasteiger partial charge in [-0.3, -0.25) is 0 Å². The van der Waals surface area contributed by atoms with Crippen molar-refractivity contribution < 1.29 is 14.3 Å². The van der Waals surface area contributed by atoms with Crippen LogP contribution >= 0.6 is 0 Å². The number of hydrogen-bond acceptors (Lipinski definition) is 7. The van der Waals surface area contributed by atoms with Gasteiger partial charge in [0.25, 0.3) is 0 Å². The zero-order valence-electron chi connectivity index (χ0n) is 21.8. The normalized spacial score (nSPS) is 11.2. The number of esters is 1. The number of nitrogens with zero attached hydrogens (tertiary/aromatic N) is 4. The average molecular weight is 499 g/mol. The zero-order valence-corrected chi connectivity index (χ0v) is 21.8. The fourth-order valence-corrected chi connectivity index (χ4v) is 3.36. The van der Waals surface area contributed by atoms with Crippen LogP contribution in [0.15, 0.2) is 99.3 Å². The molecule has 192 valence electrons. The minimum absolute atomic E-state index is 0.323. The second-order valence-corrected chi connectivity index (χ2v) is 8.83. The molecule has 3 aromatic carbocycles. The smallest absolute Gasteiger partial charge is 0.333 e. The summed E-state index contributed by atoms with van der Waals surface area (Å²) in [4.78, 5) is 11.3. The van der Waals surface area contributed by atoms with Gasteiger partial charge in [0.05, 0.1) is 36.0 Å². The highest BCUT2D eigenvalue weighted by atomic mass is 16.5. The van der Waals surface area contributed by atoms with Gasteiger partial charge >= 0.3 is 5.97 Å². The van der Waals surface area contributed by atoms with Gasteiger partial charge < -0.3 is 9.47 Å². The van der Waals surface area contributed by atoms with Crippen molar-refractivity contribution in [2.75, 3.05) is 13.2 Å². The maximum Gasteiger partial charge on any atom is 0.333 e. The number of carbonyl (C=O) groups excluding carboxylic acids is 1. The molecule has 0 aliphatic rings. The summed E-state index contributed by atoms with van der Waals surface area (Å²) >= 11 is 0. The number of ether oxygens (including phenoxy) is 2. The van der Waals surface area contributed by atoms with Crippen molar-refractivity contribution in [3.8, 4) is 5.75 Å². The maximum atomic E-state index is 11.3. The third-order valence-corrected chi connectivity index (χ3v) is 5.57. The van der Waals surface area contributed by atoms with Crippen LogP contribution in [0.5, 0.6) is 5.75 Å². The van der Waals surface area contributed by atoms with Crippen LogP contribution in [0.25, 0.3) is 0 Å². The highest BCUT2D eigenvalue weighted by Crippen LogP contribution is 2.28. The summed E-state index contributed by atoms with van der Waals surface area (Å²) in [5.74, 6) is 0.477. The molecule has 0 saturated heterocycles. The van der Waals surface area contributed by atoms with E-state index in [-0.39, 0.29) is 5.97 Å². The van der Waals surface area contributed by atoms with Crippen LogP contribution in [0.3, 0.4) is 0 Å². The van der Waals surface area contributed by atoms with Crippen molar-refractivity contribution in [3.63, 3.8) is 0 Å². The van der Waals surface area contributed by atoms with E-state index < -0.39 is 0 Å². The molecule has 0 aliphatic heterocycles. The summed E-state index contributed by atoms with van der Waals surface area (Å²) in [7, 11) is 0. The van der Waals surface area contributed by atoms with Crippen LogP contribution < -0.4 is 4.74 Å². The topological polar surface area (TPSA) is 85.0 Å². The van der Waals surface area contributed by atoms with Crippen LogP contribution in [-0.4, -0.2) is 19.2 Å². The minimum atomic E-state index is -0.323. The van der Waals surface area contributed by atoms with E-state index in [0.29, 0.717) is 18.8 Å². The molecule has 7 nitrogen and oxygen atoms in total. The van der Waals surface area contributed by atoms with Crippen LogP contribution in [-0.2, 0) is 9.53 Å². The molecule has 0 N–H and O–H groups in total. The largest absolute Gasteiger partial charge is 0.494 e. The third-order valence-electron chi connectivity index (χ3n) is 5.57. The summed E-state index contributed by atoms with van der Waals surface area (Å²) in [6.07, 6.45) is 3.79. The predicted molar refractivity (Wildman–Crippen MR) is 147 cm³/mol. The lowest BCUT2D eigenvalue weighted by Gasteiger charge is -2.07. The highest BCUT2D eigenvalue weighted by molar-refractivity contribution is 5.86. The molecule has 0 heterocycles. The molecule has 0 radical (unpaired) electrons. The third kappa shape index (κ3) is 9.44. The number of hydrogen-bond donors (Lipinski definition) is 0. The summed E-state index contributed by atoms with van der Waals surface area (Å²) in [5, 5.41) is 17.4. The van der Waals surface area contributed by atoms with Crippen molar-refractivity contribution in [2.24, 2.45) is 20.5 Å². The molecule has 0 aromatic heterocycles. The first kappa shape index (κ1) is 27.5. The molecule has 0 spiro atoms. The van der Waals surface area contributed by atoms with E-state index in [1.54, 1.807) is 6.92 Å². The van der Waals surface area contributed by atoms with E-state index in [2.05, 4.69) is 27.0 Å². The number of azo groups is 2. The molecule has 37 heavy (non-hydrogen) atoms. The SMILES string of the molecule is C=C(C)C(=O)OCCCCCCOc1ccc(N=Nc2ccc(N=Nc3ccccc3C)cc2C)cc1. The second kappa shape index (κ2) is 14.4. The molecule has 0 atom stereocenters. The van der Waals surface area contributed by atoms with Gasteiger partial charge in [0.15, 0.2) is 0 Å². The number of rotatable bonds is 13. The quantitative estimate of drug-likeness (QED) is 0.102. The molecule has 0 saturated carbocycles. The fraction of sp³-hybridized carbons (Fsp3) is 0.300. The Balaban J connectivity index is 1.41. The molecule has 0 aliphatic carbocycles. The Bertz CT molecular complexity index is 1250. The Labute approximate surface area is 219 Å². The Morgan fingerprint density at radius 1 is 0.730 bits per heavy atom. The first-order chi connectivity index (χ1) is 17.9. The molecule has 7 heteroatoms. The van der Waals surface area contributed by atoms with Crippen LogP contribution in [0.4, 0.5) is 22.7 Å². The molecule has 0 unspecified atom stereocenters. The lowest BCUT2D eigenvalue weighted by molar-refractivity contribution is -0.139. The Kier molecular flexibility index (Phi) is 10.7. The molecule has 3 aromatic rings. The van der Waals surface area contributed by atoms with Crippen molar-refractivity contribution in [1.29, 1.82) is 0 Å². The molecule has 3 rings (SSSR count). The molecular formula is C30H34N4O3. The molecule has 0 bridgehead atoms. The van der Waals surface area contributed by atoms with Gasteiger partial charge in [0, 0.05) is 5.57 Å². The van der Waals surface area contributed by atoms with Gasteiger partial charge in [-0.2, -0.15) is 20.5 Å². The summed E-state index contributed by atoms with van der Waals surface area (Å²) in [6.45, 7) is 10.3. The maximum absolute atomic E-state index is 11.3. The summed E-state index contributed by atoms with van der Waals surface area (Å²) < 4.78 is 10.9. The second-order valence-electron chi connectivity index (χ2n) is 8.83. The Hall–Kier alpha value is -4.13. The Morgan fingerprint density at radius 3 is 2.03 bits per heavy atom. The van der Waals surface area contributed by atoms with Crippen LogP contribution in [0.1, 0.15) is 43.7 Å². The molecular weight excluding hydrogens is 464 g/mol. The van der Waals surface area contributed by atoms with E-state index >= 15 is 0 Å². The number of carbonyl (C=O) groups is 1. The number of benzene rings is 3. The van der Waals surface area contributed by atoms with Gasteiger partial charge in [-0.25, -0.2) is 4.79 Å². The average Bonchev–Trinajstić information content (AvgIpc) is 2.89. The van der Waals surface area contributed by atoms with Gasteiger partial charge in [0.1, 0.15) is 5.75 Å². The van der Waals surface area contributed by atoms with Gasteiger partial charge in [-0.1, -0.05) is 24.8 Å². The van der Waals surface area contributed by atoms with Crippen molar-refractivity contribution >= 4 is 28.7 Å². The lowest BCUT2D eigenvalue weighted by atomic mass is 10.2. The van der Waals surface area contributed by atoms with E-state index in [9.17, 15) is 4.79 Å². The highest BCUT2D eigenvalue weighted by Gasteiger charge is 2.03. The van der Waals surface area contributed by atoms with Gasteiger partial charge in [-0.15, -0.1) is 0 Å². The van der Waals surface area contributed by atoms with Crippen LogP contribution in [0.2, 0.25) is 0 Å². The zero-order chi connectivity index (χ0) is 26.5. The summed E-state index contributed by atoms with van der Waals surface area (Å²) in [5.41, 5.74) is 5.65. The number of aryl methyl sites for hydroxylation is 2. The van der Waals surface area contributed by atoms with Gasteiger partial charge in [-0.05, 0) is 106 Å². The summed E-state index contributed by atoms with van der Waals surface area (Å²) in [6, 6.07) is 21.2. The van der Waals surface area contributed by atoms with Crippen molar-refractivity contribution in [2.45, 2.75) is 46.5 Å². The molecule has 0 fully saturated rings. The monoisotopic (exact) mass is 498 g/mol.